The Morgan fingerprint density at radius 1 is 1.10 bits per heavy atom. The molecule has 0 aromatic heterocycles. The highest BCUT2D eigenvalue weighted by Gasteiger charge is 2.20. The maximum absolute atomic E-state index is 11.6. The third kappa shape index (κ3) is 6.79. The topological polar surface area (TPSA) is 78.4 Å². The van der Waals surface area contributed by atoms with E-state index in [4.69, 9.17) is 0 Å². The number of amides is 2. The summed E-state index contributed by atoms with van der Waals surface area (Å²) < 4.78 is 0. The average Bonchev–Trinajstić information content (AvgIpc) is 2.48. The van der Waals surface area contributed by atoms with Crippen molar-refractivity contribution in [2.75, 3.05) is 13.1 Å². The van der Waals surface area contributed by atoms with Crippen LogP contribution in [0.15, 0.2) is 30.3 Å². The van der Waals surface area contributed by atoms with Crippen molar-refractivity contribution in [2.24, 2.45) is 0 Å². The molecule has 0 fully saturated rings. The van der Waals surface area contributed by atoms with Crippen molar-refractivity contribution in [1.82, 2.24) is 10.6 Å². The lowest BCUT2D eigenvalue weighted by molar-refractivity contribution is -0.138. The van der Waals surface area contributed by atoms with Crippen LogP contribution in [0.25, 0.3) is 0 Å². The van der Waals surface area contributed by atoms with E-state index in [9.17, 15) is 14.7 Å². The Morgan fingerprint density at radius 2 is 1.81 bits per heavy atom. The Morgan fingerprint density at radius 3 is 2.43 bits per heavy atom. The minimum atomic E-state index is -0.940. The highest BCUT2D eigenvalue weighted by Crippen LogP contribution is 2.14. The number of hydrogen-bond acceptors (Lipinski definition) is 2. The second kappa shape index (κ2) is 9.80. The molecule has 0 aliphatic heterocycles. The van der Waals surface area contributed by atoms with E-state index in [2.05, 4.69) is 17.6 Å². The summed E-state index contributed by atoms with van der Waals surface area (Å²) in [6.45, 7) is 2.84. The number of unbranched alkanes of at least 4 members (excludes halogenated alkanes) is 3. The zero-order valence-corrected chi connectivity index (χ0v) is 12.5. The maximum atomic E-state index is 11.6. The van der Waals surface area contributed by atoms with Gasteiger partial charge in [0.25, 0.3) is 0 Å². The van der Waals surface area contributed by atoms with Gasteiger partial charge in [-0.2, -0.15) is 0 Å². The Bertz CT molecular complexity index is 434. The van der Waals surface area contributed by atoms with E-state index in [0.717, 1.165) is 19.3 Å². The zero-order valence-electron chi connectivity index (χ0n) is 12.5. The largest absolute Gasteiger partial charge is 0.481 e. The lowest BCUT2D eigenvalue weighted by atomic mass is 9.99. The summed E-state index contributed by atoms with van der Waals surface area (Å²) in [5.41, 5.74) is 0.688. The molecule has 5 heteroatoms. The van der Waals surface area contributed by atoms with Crippen molar-refractivity contribution in [2.45, 2.75) is 38.5 Å². The number of urea groups is 1. The standard InChI is InChI=1S/C16H24N2O3/c1-2-3-4-8-11-17-16(21)18-12-14(15(19)20)13-9-6-5-7-10-13/h5-7,9-10,14H,2-4,8,11-12H2,1H3,(H,19,20)(H2,17,18,21). The number of carbonyl (C=O) groups excluding carboxylic acids is 1. The quantitative estimate of drug-likeness (QED) is 0.612. The van der Waals surface area contributed by atoms with Gasteiger partial charge in [-0.15, -0.1) is 0 Å². The molecule has 1 atom stereocenters. The normalized spacial score (nSPS) is 11.7. The molecular formula is C16H24N2O3. The van der Waals surface area contributed by atoms with Crippen molar-refractivity contribution in [3.63, 3.8) is 0 Å². The molecule has 0 spiro atoms. The molecule has 0 radical (unpaired) electrons. The van der Waals surface area contributed by atoms with Gasteiger partial charge >= 0.3 is 12.0 Å². The fourth-order valence-corrected chi connectivity index (χ4v) is 2.04. The Hall–Kier alpha value is -2.04. The average molecular weight is 292 g/mol. The first kappa shape index (κ1) is 17.0. The van der Waals surface area contributed by atoms with Gasteiger partial charge in [-0.1, -0.05) is 56.5 Å². The number of aliphatic carboxylic acids is 1. The number of carboxylic acid groups (broad SMARTS) is 1. The monoisotopic (exact) mass is 292 g/mol. The van der Waals surface area contributed by atoms with Gasteiger partial charge in [-0.3, -0.25) is 4.79 Å². The first-order valence-electron chi connectivity index (χ1n) is 7.44. The van der Waals surface area contributed by atoms with Crippen LogP contribution in [0.4, 0.5) is 4.79 Å². The second-order valence-corrected chi connectivity index (χ2v) is 5.00. The first-order chi connectivity index (χ1) is 10.1. The van der Waals surface area contributed by atoms with Gasteiger partial charge in [-0.25, -0.2) is 4.79 Å². The van der Waals surface area contributed by atoms with Crippen LogP contribution in [0.3, 0.4) is 0 Å². The van der Waals surface area contributed by atoms with Crippen molar-refractivity contribution in [3.05, 3.63) is 35.9 Å². The summed E-state index contributed by atoms with van der Waals surface area (Å²) in [6, 6.07) is 8.61. The van der Waals surface area contributed by atoms with E-state index >= 15 is 0 Å². The lowest BCUT2D eigenvalue weighted by Crippen LogP contribution is -2.39. The molecule has 0 aliphatic carbocycles. The summed E-state index contributed by atoms with van der Waals surface area (Å²) in [7, 11) is 0. The summed E-state index contributed by atoms with van der Waals surface area (Å²) in [5, 5.41) is 14.6. The van der Waals surface area contributed by atoms with E-state index < -0.39 is 11.9 Å². The molecule has 1 aromatic rings. The molecule has 0 saturated carbocycles. The molecule has 0 heterocycles. The molecule has 3 N–H and O–H groups in total. The van der Waals surface area contributed by atoms with E-state index in [1.165, 1.54) is 6.42 Å². The number of carboxylic acids is 1. The van der Waals surface area contributed by atoms with Crippen LogP contribution < -0.4 is 10.6 Å². The van der Waals surface area contributed by atoms with Crippen molar-refractivity contribution in [1.29, 1.82) is 0 Å². The van der Waals surface area contributed by atoms with Crippen LogP contribution in [0.1, 0.15) is 44.1 Å². The van der Waals surface area contributed by atoms with E-state index in [-0.39, 0.29) is 12.6 Å². The number of carbonyl (C=O) groups is 2. The van der Waals surface area contributed by atoms with Gasteiger partial charge in [0, 0.05) is 13.1 Å². The van der Waals surface area contributed by atoms with Gasteiger partial charge in [0.15, 0.2) is 0 Å². The van der Waals surface area contributed by atoms with Crippen LogP contribution >= 0.6 is 0 Å². The maximum Gasteiger partial charge on any atom is 0.314 e. The molecule has 2 amide bonds. The Balaban J connectivity index is 2.34. The molecule has 21 heavy (non-hydrogen) atoms. The third-order valence-corrected chi connectivity index (χ3v) is 3.28. The zero-order chi connectivity index (χ0) is 15.5. The van der Waals surface area contributed by atoms with Crippen molar-refractivity contribution in [3.8, 4) is 0 Å². The molecular weight excluding hydrogens is 268 g/mol. The molecule has 1 rings (SSSR count). The number of rotatable bonds is 9. The summed E-state index contributed by atoms with van der Waals surface area (Å²) in [4.78, 5) is 22.9. The van der Waals surface area contributed by atoms with Crippen molar-refractivity contribution < 1.29 is 14.7 Å². The highest BCUT2D eigenvalue weighted by molar-refractivity contribution is 5.79. The van der Waals surface area contributed by atoms with E-state index in [1.54, 1.807) is 24.3 Å². The number of hydrogen-bond donors (Lipinski definition) is 3. The van der Waals surface area contributed by atoms with Gasteiger partial charge in [0.1, 0.15) is 0 Å². The van der Waals surface area contributed by atoms with Gasteiger partial charge in [0.05, 0.1) is 5.92 Å². The number of nitrogens with one attached hydrogen (secondary N) is 2. The summed E-state index contributed by atoms with van der Waals surface area (Å²) >= 11 is 0. The molecule has 0 bridgehead atoms. The molecule has 0 saturated heterocycles. The predicted molar refractivity (Wildman–Crippen MR) is 82.4 cm³/mol. The summed E-state index contributed by atoms with van der Waals surface area (Å²) in [5.74, 6) is -1.67. The van der Waals surface area contributed by atoms with Gasteiger partial charge in [0.2, 0.25) is 0 Å². The molecule has 116 valence electrons. The third-order valence-electron chi connectivity index (χ3n) is 3.28. The first-order valence-corrected chi connectivity index (χ1v) is 7.44. The van der Waals surface area contributed by atoms with Crippen LogP contribution in [0.5, 0.6) is 0 Å². The van der Waals surface area contributed by atoms with Gasteiger partial charge < -0.3 is 15.7 Å². The molecule has 5 nitrogen and oxygen atoms in total. The van der Waals surface area contributed by atoms with E-state index in [0.29, 0.717) is 12.1 Å². The van der Waals surface area contributed by atoms with Crippen LogP contribution in [0.2, 0.25) is 0 Å². The number of benzene rings is 1. The Labute approximate surface area is 125 Å². The fraction of sp³-hybridized carbons (Fsp3) is 0.500. The van der Waals surface area contributed by atoms with Crippen molar-refractivity contribution >= 4 is 12.0 Å². The predicted octanol–water partition coefficient (Wildman–Crippen LogP) is 2.73. The Kier molecular flexibility index (Phi) is 7.94. The van der Waals surface area contributed by atoms with Crippen LogP contribution in [-0.4, -0.2) is 30.2 Å². The lowest BCUT2D eigenvalue weighted by Gasteiger charge is -2.14. The summed E-state index contributed by atoms with van der Waals surface area (Å²) in [6.07, 6.45) is 4.36. The van der Waals surface area contributed by atoms with E-state index in [1.807, 2.05) is 6.07 Å². The molecule has 1 unspecified atom stereocenters. The van der Waals surface area contributed by atoms with Crippen LogP contribution in [-0.2, 0) is 4.79 Å². The van der Waals surface area contributed by atoms with Gasteiger partial charge in [-0.05, 0) is 12.0 Å². The molecule has 0 aliphatic rings. The molecule has 1 aromatic carbocycles. The minimum absolute atomic E-state index is 0.0835. The van der Waals surface area contributed by atoms with Crippen LogP contribution in [0, 0.1) is 0 Å². The fourth-order valence-electron chi connectivity index (χ4n) is 2.04. The SMILES string of the molecule is CCCCCCNC(=O)NCC(C(=O)O)c1ccccc1. The smallest absolute Gasteiger partial charge is 0.314 e. The second-order valence-electron chi connectivity index (χ2n) is 5.00. The minimum Gasteiger partial charge on any atom is -0.481 e. The highest BCUT2D eigenvalue weighted by atomic mass is 16.4.